The van der Waals surface area contributed by atoms with E-state index in [1.54, 1.807) is 6.20 Å². The van der Waals surface area contributed by atoms with Crippen molar-refractivity contribution in [3.63, 3.8) is 0 Å². The Kier molecular flexibility index (Phi) is 4.93. The van der Waals surface area contributed by atoms with E-state index in [1.807, 2.05) is 17.0 Å². The van der Waals surface area contributed by atoms with Crippen LogP contribution in [0.3, 0.4) is 0 Å². The summed E-state index contributed by atoms with van der Waals surface area (Å²) in [4.78, 5) is 24.2. The van der Waals surface area contributed by atoms with E-state index in [0.717, 1.165) is 36.6 Å². The molecule has 28 heavy (non-hydrogen) atoms. The molecule has 1 aromatic rings. The predicted octanol–water partition coefficient (Wildman–Crippen LogP) is 3.60. The number of carbonyl (C=O) groups is 1. The van der Waals surface area contributed by atoms with Gasteiger partial charge in [-0.15, -0.1) is 0 Å². The van der Waals surface area contributed by atoms with Crippen molar-refractivity contribution in [3.05, 3.63) is 18.3 Å². The molecule has 1 saturated carbocycles. The fraction of sp³-hybridized carbons (Fsp3) is 0.667. The van der Waals surface area contributed by atoms with E-state index in [9.17, 15) is 4.79 Å². The van der Waals surface area contributed by atoms with Gasteiger partial charge in [0.2, 0.25) is 0 Å². The summed E-state index contributed by atoms with van der Waals surface area (Å²) in [5, 5.41) is 10.4. The van der Waals surface area contributed by atoms with E-state index in [1.165, 1.54) is 19.3 Å². The Morgan fingerprint density at radius 1 is 1.32 bits per heavy atom. The number of carbonyl (C=O) groups excluding carboxylic acids is 1. The number of aromatic nitrogens is 1. The number of rotatable bonds is 1. The minimum absolute atomic E-state index is 0.0534. The van der Waals surface area contributed by atoms with Crippen molar-refractivity contribution < 1.29 is 4.79 Å². The Morgan fingerprint density at radius 2 is 2.11 bits per heavy atom. The van der Waals surface area contributed by atoms with E-state index in [2.05, 4.69) is 41.7 Å². The molecule has 7 heteroatoms. The number of nitrogens with zero attached hydrogens (tertiary/aromatic N) is 3. The fourth-order valence-electron chi connectivity index (χ4n) is 4.42. The zero-order chi connectivity index (χ0) is 19.8. The predicted molar refractivity (Wildman–Crippen MR) is 113 cm³/mol. The van der Waals surface area contributed by atoms with Crippen molar-refractivity contribution in [2.45, 2.75) is 76.4 Å². The van der Waals surface area contributed by atoms with E-state index >= 15 is 0 Å². The van der Waals surface area contributed by atoms with Crippen LogP contribution in [0.15, 0.2) is 23.3 Å². The molecule has 0 aromatic carbocycles. The number of amidine groups is 1. The third kappa shape index (κ3) is 3.93. The van der Waals surface area contributed by atoms with Crippen molar-refractivity contribution in [1.29, 1.82) is 0 Å². The maximum absolute atomic E-state index is 12.9. The lowest BCUT2D eigenvalue weighted by Crippen LogP contribution is -2.56. The Balaban J connectivity index is 1.54. The van der Waals surface area contributed by atoms with Gasteiger partial charge in [-0.05, 0) is 52.2 Å². The third-order valence-corrected chi connectivity index (χ3v) is 5.81. The number of hydrogen-bond acceptors (Lipinski definition) is 4. The van der Waals surface area contributed by atoms with Crippen molar-refractivity contribution in [3.8, 4) is 0 Å². The molecule has 1 saturated heterocycles. The largest absolute Gasteiger partial charge is 0.368 e. The second-order valence-corrected chi connectivity index (χ2v) is 9.32. The summed E-state index contributed by atoms with van der Waals surface area (Å²) >= 11 is 0. The lowest BCUT2D eigenvalue weighted by Gasteiger charge is -2.39. The summed E-state index contributed by atoms with van der Waals surface area (Å²) in [6.07, 6.45) is 8.51. The first-order chi connectivity index (χ1) is 13.3. The van der Waals surface area contributed by atoms with Crippen molar-refractivity contribution in [2.75, 3.05) is 23.7 Å². The summed E-state index contributed by atoms with van der Waals surface area (Å²) in [6.45, 7) is 7.58. The van der Waals surface area contributed by atoms with E-state index in [-0.39, 0.29) is 11.6 Å². The van der Waals surface area contributed by atoms with Crippen LogP contribution < -0.4 is 16.0 Å². The van der Waals surface area contributed by atoms with Crippen LogP contribution >= 0.6 is 0 Å². The zero-order valence-electron chi connectivity index (χ0n) is 17.2. The number of urea groups is 1. The topological polar surface area (TPSA) is 81.7 Å². The second kappa shape index (κ2) is 7.26. The molecule has 3 aliphatic rings. The van der Waals surface area contributed by atoms with Gasteiger partial charge >= 0.3 is 6.03 Å². The molecule has 3 heterocycles. The molecule has 152 valence electrons. The van der Waals surface area contributed by atoms with Crippen LogP contribution in [0.5, 0.6) is 0 Å². The van der Waals surface area contributed by atoms with Crippen molar-refractivity contribution in [1.82, 2.24) is 15.2 Å². The van der Waals surface area contributed by atoms with Gasteiger partial charge in [-0.25, -0.2) is 9.78 Å². The summed E-state index contributed by atoms with van der Waals surface area (Å²) in [5.74, 6) is 1.67. The Labute approximate surface area is 167 Å². The molecule has 2 amide bonds. The lowest BCUT2D eigenvalue weighted by molar-refractivity contribution is 0.199. The van der Waals surface area contributed by atoms with Gasteiger partial charge in [-0.2, -0.15) is 0 Å². The number of likely N-dealkylation sites (tertiary alicyclic amines) is 1. The van der Waals surface area contributed by atoms with Gasteiger partial charge in [-0.3, -0.25) is 4.99 Å². The molecule has 1 unspecified atom stereocenters. The van der Waals surface area contributed by atoms with E-state index in [0.29, 0.717) is 19.1 Å². The van der Waals surface area contributed by atoms with Crippen LogP contribution in [0.2, 0.25) is 0 Å². The summed E-state index contributed by atoms with van der Waals surface area (Å²) < 4.78 is 0. The molecular formula is C21H32N6O. The number of pyridine rings is 1. The Bertz CT molecular complexity index is 764. The minimum atomic E-state index is -0.396. The highest BCUT2D eigenvalue weighted by Gasteiger charge is 2.47. The number of aliphatic imine (C=N–C) groups is 1. The standard InChI is InChI=1S/C21H32N6O/c1-20(2,3)26-18-21(25-16-10-7-12-22-17(16)24-18)11-13-27(14-21)19(28)23-15-8-5-4-6-9-15/h7,10,12,15,25H,4-6,8-9,11,13-14H2,1-3H3,(H,23,28)(H,22,24,26). The molecule has 1 aliphatic carbocycles. The van der Waals surface area contributed by atoms with Gasteiger partial charge < -0.3 is 20.9 Å². The van der Waals surface area contributed by atoms with Crippen LogP contribution in [-0.4, -0.2) is 52.0 Å². The summed E-state index contributed by atoms with van der Waals surface area (Å²) in [7, 11) is 0. The monoisotopic (exact) mass is 384 g/mol. The number of fused-ring (bicyclic) bond motifs is 1. The minimum Gasteiger partial charge on any atom is -0.368 e. The maximum Gasteiger partial charge on any atom is 0.317 e. The molecule has 2 fully saturated rings. The van der Waals surface area contributed by atoms with Gasteiger partial charge in [0.1, 0.15) is 11.4 Å². The smallest absolute Gasteiger partial charge is 0.317 e. The highest BCUT2D eigenvalue weighted by Crippen LogP contribution is 2.36. The van der Waals surface area contributed by atoms with Crippen LogP contribution in [0, 0.1) is 0 Å². The molecule has 1 atom stereocenters. The Hall–Kier alpha value is -2.31. The van der Waals surface area contributed by atoms with Crippen LogP contribution in [0.25, 0.3) is 0 Å². The molecule has 1 spiro atoms. The van der Waals surface area contributed by atoms with Crippen LogP contribution in [0.4, 0.5) is 16.3 Å². The zero-order valence-corrected chi connectivity index (χ0v) is 17.2. The summed E-state index contributed by atoms with van der Waals surface area (Å²) in [5.41, 5.74) is 0.346. The summed E-state index contributed by atoms with van der Waals surface area (Å²) in [6, 6.07) is 4.33. The van der Waals surface area contributed by atoms with Crippen molar-refractivity contribution in [2.24, 2.45) is 4.99 Å². The van der Waals surface area contributed by atoms with Gasteiger partial charge in [0.25, 0.3) is 0 Å². The first-order valence-corrected chi connectivity index (χ1v) is 10.5. The molecule has 3 N–H and O–H groups in total. The fourth-order valence-corrected chi connectivity index (χ4v) is 4.42. The van der Waals surface area contributed by atoms with E-state index < -0.39 is 5.54 Å². The number of anilines is 2. The number of hydrogen-bond donors (Lipinski definition) is 3. The SMILES string of the molecule is CC(C)(C)N=C1Nc2ncccc2NC12CCN(C(=O)NC1CCCCC1)C2. The van der Waals surface area contributed by atoms with Crippen LogP contribution in [0.1, 0.15) is 59.3 Å². The molecule has 2 aliphatic heterocycles. The van der Waals surface area contributed by atoms with Crippen molar-refractivity contribution >= 4 is 23.4 Å². The molecular weight excluding hydrogens is 352 g/mol. The molecule has 7 nitrogen and oxygen atoms in total. The maximum atomic E-state index is 12.9. The highest BCUT2D eigenvalue weighted by atomic mass is 16.2. The first-order valence-electron chi connectivity index (χ1n) is 10.5. The second-order valence-electron chi connectivity index (χ2n) is 9.32. The van der Waals surface area contributed by atoms with Gasteiger partial charge in [-0.1, -0.05) is 19.3 Å². The molecule has 1 aromatic heterocycles. The van der Waals surface area contributed by atoms with Gasteiger partial charge in [0.05, 0.1) is 17.8 Å². The first kappa shape index (κ1) is 19.0. The average Bonchev–Trinajstić information content (AvgIpc) is 3.07. The molecule has 0 radical (unpaired) electrons. The van der Waals surface area contributed by atoms with Gasteiger partial charge in [0.15, 0.2) is 5.82 Å². The van der Waals surface area contributed by atoms with Gasteiger partial charge in [0, 0.05) is 18.8 Å². The third-order valence-electron chi connectivity index (χ3n) is 5.81. The Morgan fingerprint density at radius 3 is 2.86 bits per heavy atom. The quantitative estimate of drug-likeness (QED) is 0.691. The van der Waals surface area contributed by atoms with Crippen LogP contribution in [-0.2, 0) is 0 Å². The lowest BCUT2D eigenvalue weighted by atomic mass is 9.93. The number of amides is 2. The number of nitrogens with one attached hydrogen (secondary N) is 3. The molecule has 4 rings (SSSR count). The van der Waals surface area contributed by atoms with E-state index in [4.69, 9.17) is 4.99 Å². The highest BCUT2D eigenvalue weighted by molar-refractivity contribution is 6.09. The normalized spacial score (nSPS) is 26.7. The average molecular weight is 385 g/mol. The molecule has 0 bridgehead atoms.